The minimum atomic E-state index is -1.000. The first-order valence-electron chi connectivity index (χ1n) is 9.93. The van der Waals surface area contributed by atoms with Crippen molar-refractivity contribution >= 4 is 5.97 Å². The Morgan fingerprint density at radius 1 is 1.14 bits per heavy atom. The number of hydrogen-bond donors (Lipinski definition) is 1. The molecule has 1 heterocycles. The van der Waals surface area contributed by atoms with Crippen LogP contribution >= 0.6 is 0 Å². The molecule has 0 aliphatic carbocycles. The Balaban J connectivity index is 2.86. The first kappa shape index (κ1) is 22.3. The molecule has 28 heavy (non-hydrogen) atoms. The van der Waals surface area contributed by atoms with E-state index < -0.39 is 41.0 Å². The van der Waals surface area contributed by atoms with Gasteiger partial charge in [0.15, 0.2) is 0 Å². The van der Waals surface area contributed by atoms with Crippen LogP contribution in [-0.4, -0.2) is 38.5 Å². The number of aliphatic carboxylic acids is 1. The molecule has 0 bridgehead atoms. The minimum absolute atomic E-state index is 0.183. The number of hydrogen-bond acceptors (Lipinski definition) is 4. The largest absolute Gasteiger partial charge is 0.480 e. The predicted octanol–water partition coefficient (Wildman–Crippen LogP) is 4.73. The third kappa shape index (κ3) is 3.93. The van der Waals surface area contributed by atoms with Crippen LogP contribution < -0.4 is 0 Å². The zero-order chi connectivity index (χ0) is 21.6. The topological polar surface area (TPSA) is 83.7 Å². The average molecular weight is 391 g/mol. The van der Waals surface area contributed by atoms with Crippen LogP contribution in [0.25, 0.3) is 0 Å². The molecule has 1 aliphatic heterocycles. The Labute approximate surface area is 168 Å². The van der Waals surface area contributed by atoms with E-state index in [1.54, 1.807) is 0 Å². The normalized spacial score (nSPS) is 26.6. The Morgan fingerprint density at radius 2 is 1.68 bits per heavy atom. The lowest BCUT2D eigenvalue weighted by Gasteiger charge is -2.41. The van der Waals surface area contributed by atoms with E-state index in [1.807, 2.05) is 70.7 Å². The fraction of sp³-hybridized carbons (Fsp3) is 0.682. The summed E-state index contributed by atoms with van der Waals surface area (Å²) >= 11 is 0. The summed E-state index contributed by atoms with van der Waals surface area (Å²) in [7, 11) is 0. The van der Waals surface area contributed by atoms with Crippen molar-refractivity contribution in [2.75, 3.05) is 0 Å². The lowest BCUT2D eigenvalue weighted by Crippen LogP contribution is -2.52. The number of nitrogens with zero attached hydrogens (tertiary/aromatic N) is 2. The molecule has 0 unspecified atom stereocenters. The van der Waals surface area contributed by atoms with Crippen LogP contribution in [0.3, 0.4) is 0 Å². The summed E-state index contributed by atoms with van der Waals surface area (Å²) in [5.74, 6) is -1.43. The molecular formula is C22H34N2O4. The van der Waals surface area contributed by atoms with Gasteiger partial charge in [0.1, 0.15) is 12.1 Å². The molecule has 1 aromatic carbocycles. The van der Waals surface area contributed by atoms with E-state index in [1.165, 1.54) is 0 Å². The summed E-state index contributed by atoms with van der Waals surface area (Å²) < 4.78 is 0. The molecule has 156 valence electrons. The maximum atomic E-state index is 12.4. The number of carbonyl (C=O) groups is 1. The molecule has 1 aliphatic rings. The molecule has 0 amide bonds. The van der Waals surface area contributed by atoms with Crippen molar-refractivity contribution in [2.45, 2.75) is 85.0 Å². The van der Waals surface area contributed by atoms with Crippen LogP contribution in [0.15, 0.2) is 24.3 Å². The van der Waals surface area contributed by atoms with Gasteiger partial charge in [-0.2, -0.15) is 0 Å². The highest BCUT2D eigenvalue weighted by atomic mass is 16.6. The van der Waals surface area contributed by atoms with Crippen molar-refractivity contribution in [1.29, 1.82) is 0 Å². The number of likely N-dealkylation sites (tertiary alicyclic amines) is 1. The maximum absolute atomic E-state index is 12.4. The van der Waals surface area contributed by atoms with Crippen LogP contribution in [0, 0.1) is 21.4 Å². The SMILES string of the molecule is CC(C)c1ccccc1[C@H]1[C@@H]([N+](=O)[O-])[C@H](C(C)(C)C)[C@@H](C(=O)O)N1C(C)(C)C. The Bertz CT molecular complexity index is 746. The van der Waals surface area contributed by atoms with Crippen molar-refractivity contribution in [1.82, 2.24) is 4.90 Å². The van der Waals surface area contributed by atoms with Gasteiger partial charge < -0.3 is 5.11 Å². The summed E-state index contributed by atoms with van der Waals surface area (Å²) in [6, 6.07) is 5.22. The van der Waals surface area contributed by atoms with Crippen molar-refractivity contribution < 1.29 is 14.8 Å². The predicted molar refractivity (Wildman–Crippen MR) is 110 cm³/mol. The highest BCUT2D eigenvalue weighted by molar-refractivity contribution is 5.75. The lowest BCUT2D eigenvalue weighted by molar-refractivity contribution is -0.537. The molecule has 6 heteroatoms. The summed E-state index contributed by atoms with van der Waals surface area (Å²) in [4.78, 5) is 26.4. The summed E-state index contributed by atoms with van der Waals surface area (Å²) in [6.07, 6.45) is 0. The molecule has 0 radical (unpaired) electrons. The van der Waals surface area contributed by atoms with Gasteiger partial charge in [-0.25, -0.2) is 0 Å². The van der Waals surface area contributed by atoms with Crippen LogP contribution in [0.2, 0.25) is 0 Å². The Hall–Kier alpha value is -1.95. The van der Waals surface area contributed by atoms with E-state index >= 15 is 0 Å². The van der Waals surface area contributed by atoms with Gasteiger partial charge in [-0.3, -0.25) is 19.8 Å². The third-order valence-electron chi connectivity index (χ3n) is 5.84. The molecule has 0 spiro atoms. The van der Waals surface area contributed by atoms with E-state index in [0.717, 1.165) is 11.1 Å². The fourth-order valence-electron chi connectivity index (χ4n) is 4.87. The van der Waals surface area contributed by atoms with Crippen molar-refractivity contribution in [2.24, 2.45) is 11.3 Å². The van der Waals surface area contributed by atoms with Gasteiger partial charge in [-0.05, 0) is 43.2 Å². The van der Waals surface area contributed by atoms with E-state index in [2.05, 4.69) is 13.8 Å². The molecule has 1 saturated heterocycles. The van der Waals surface area contributed by atoms with Crippen molar-refractivity contribution in [3.05, 3.63) is 45.5 Å². The molecule has 2 rings (SSSR count). The van der Waals surface area contributed by atoms with Gasteiger partial charge in [0.2, 0.25) is 6.04 Å². The summed E-state index contributed by atoms with van der Waals surface area (Å²) in [6.45, 7) is 15.7. The first-order chi connectivity index (χ1) is 12.7. The van der Waals surface area contributed by atoms with Gasteiger partial charge in [-0.15, -0.1) is 0 Å². The maximum Gasteiger partial charge on any atom is 0.321 e. The molecule has 0 saturated carbocycles. The first-order valence-corrected chi connectivity index (χ1v) is 9.93. The summed E-state index contributed by atoms with van der Waals surface area (Å²) in [5, 5.41) is 22.5. The average Bonchev–Trinajstić information content (AvgIpc) is 2.91. The molecule has 0 aromatic heterocycles. The zero-order valence-corrected chi connectivity index (χ0v) is 18.3. The second kappa shape index (κ2) is 7.47. The molecule has 1 fully saturated rings. The third-order valence-corrected chi connectivity index (χ3v) is 5.84. The number of carboxylic acids is 1. The lowest BCUT2D eigenvalue weighted by atomic mass is 9.72. The highest BCUT2D eigenvalue weighted by Crippen LogP contribution is 2.52. The second-order valence-corrected chi connectivity index (χ2v) is 10.3. The molecule has 4 atom stereocenters. The molecular weight excluding hydrogens is 356 g/mol. The smallest absolute Gasteiger partial charge is 0.321 e. The highest BCUT2D eigenvalue weighted by Gasteiger charge is 2.64. The van der Waals surface area contributed by atoms with E-state index in [-0.39, 0.29) is 10.8 Å². The quantitative estimate of drug-likeness (QED) is 0.594. The molecule has 6 nitrogen and oxygen atoms in total. The van der Waals surface area contributed by atoms with Crippen molar-refractivity contribution in [3.8, 4) is 0 Å². The van der Waals surface area contributed by atoms with Gasteiger partial charge in [-0.1, -0.05) is 58.9 Å². The zero-order valence-electron chi connectivity index (χ0n) is 18.3. The molecule has 1 N–H and O–H groups in total. The number of nitro groups is 1. The monoisotopic (exact) mass is 390 g/mol. The second-order valence-electron chi connectivity index (χ2n) is 10.3. The van der Waals surface area contributed by atoms with E-state index in [0.29, 0.717) is 0 Å². The van der Waals surface area contributed by atoms with Crippen LogP contribution in [0.5, 0.6) is 0 Å². The van der Waals surface area contributed by atoms with Gasteiger partial charge in [0, 0.05) is 10.5 Å². The Morgan fingerprint density at radius 3 is 2.07 bits per heavy atom. The van der Waals surface area contributed by atoms with Crippen LogP contribution in [0.1, 0.15) is 78.5 Å². The number of rotatable bonds is 4. The van der Waals surface area contributed by atoms with Gasteiger partial charge >= 0.3 is 5.97 Å². The van der Waals surface area contributed by atoms with Crippen molar-refractivity contribution in [3.63, 3.8) is 0 Å². The van der Waals surface area contributed by atoms with Gasteiger partial charge in [0.05, 0.1) is 5.92 Å². The number of carboxylic acid groups (broad SMARTS) is 1. The van der Waals surface area contributed by atoms with Crippen LogP contribution in [-0.2, 0) is 4.79 Å². The standard InChI is InChI=1S/C22H34N2O4/c1-13(2)14-11-9-10-12-15(14)17-18(24(27)28)16(21(3,4)5)19(20(25)26)23(17)22(6,7)8/h9-13,16-19H,1-8H3,(H,25,26)/t16-,17-,18-,19-/m0/s1. The Kier molecular flexibility index (Phi) is 5.96. The van der Waals surface area contributed by atoms with Gasteiger partial charge in [0.25, 0.3) is 0 Å². The van der Waals surface area contributed by atoms with E-state index in [4.69, 9.17) is 0 Å². The number of benzene rings is 1. The van der Waals surface area contributed by atoms with E-state index in [9.17, 15) is 20.0 Å². The molecule has 1 aromatic rings. The summed E-state index contributed by atoms with van der Waals surface area (Å²) in [5.41, 5.74) is 0.817. The minimum Gasteiger partial charge on any atom is -0.480 e. The fourth-order valence-corrected chi connectivity index (χ4v) is 4.87. The van der Waals surface area contributed by atoms with Crippen LogP contribution in [0.4, 0.5) is 0 Å².